The first kappa shape index (κ1) is 21.3. The highest BCUT2D eigenvalue weighted by atomic mass is 35.5. The van der Waals surface area contributed by atoms with E-state index in [1.807, 2.05) is 45.0 Å². The lowest BCUT2D eigenvalue weighted by atomic mass is 10.1. The van der Waals surface area contributed by atoms with Gasteiger partial charge in [-0.05, 0) is 51.0 Å². The van der Waals surface area contributed by atoms with Gasteiger partial charge in [-0.2, -0.15) is 0 Å². The third-order valence-corrected chi connectivity index (χ3v) is 6.08. The van der Waals surface area contributed by atoms with Crippen LogP contribution in [-0.2, 0) is 14.8 Å². The second-order valence-electron chi connectivity index (χ2n) is 6.81. The van der Waals surface area contributed by atoms with Crippen molar-refractivity contribution in [2.75, 3.05) is 10.6 Å². The highest BCUT2D eigenvalue weighted by molar-refractivity contribution is 7.92. The summed E-state index contributed by atoms with van der Waals surface area (Å²) in [4.78, 5) is 12.8. The van der Waals surface area contributed by atoms with Crippen LogP contribution in [0.2, 0.25) is 5.02 Å². The zero-order chi connectivity index (χ0) is 20.4. The first-order valence-electron chi connectivity index (χ1n) is 8.63. The summed E-state index contributed by atoms with van der Waals surface area (Å²) in [5.41, 5.74) is 3.27. The third kappa shape index (κ3) is 5.23. The van der Waals surface area contributed by atoms with Gasteiger partial charge in [0, 0.05) is 5.02 Å². The minimum absolute atomic E-state index is 0.247. The number of benzene rings is 2. The number of hydrogen-bond acceptors (Lipinski definition) is 3. The summed E-state index contributed by atoms with van der Waals surface area (Å²) < 4.78 is 25.8. The Morgan fingerprint density at radius 3 is 2.19 bits per heavy atom. The Balaban J connectivity index is 2.26. The van der Waals surface area contributed by atoms with Gasteiger partial charge in [-0.3, -0.25) is 9.10 Å². The summed E-state index contributed by atoms with van der Waals surface area (Å²) >= 11 is 6.15. The Hall–Kier alpha value is -2.05. The monoisotopic (exact) mass is 408 g/mol. The molecule has 2 unspecified atom stereocenters. The number of nitrogens with one attached hydrogen (secondary N) is 1. The van der Waals surface area contributed by atoms with Gasteiger partial charge in [-0.1, -0.05) is 47.5 Å². The fraction of sp³-hybridized carbons (Fsp3) is 0.350. The quantitative estimate of drug-likeness (QED) is 0.785. The maximum Gasteiger partial charge on any atom is 0.244 e. The lowest BCUT2D eigenvalue weighted by molar-refractivity contribution is -0.122. The smallest absolute Gasteiger partial charge is 0.244 e. The summed E-state index contributed by atoms with van der Waals surface area (Å²) in [6.45, 7) is 7.25. The van der Waals surface area contributed by atoms with Gasteiger partial charge in [0.15, 0.2) is 0 Å². The maximum absolute atomic E-state index is 12.8. The van der Waals surface area contributed by atoms with Crippen molar-refractivity contribution in [1.29, 1.82) is 0 Å². The van der Waals surface area contributed by atoms with Crippen LogP contribution in [-0.4, -0.2) is 26.6 Å². The minimum Gasteiger partial charge on any atom is -0.348 e. The number of carbonyl (C=O) groups excluding carboxylic acids is 1. The molecule has 1 N–H and O–H groups in total. The summed E-state index contributed by atoms with van der Waals surface area (Å²) in [6, 6.07) is 11.6. The van der Waals surface area contributed by atoms with Crippen LogP contribution < -0.4 is 9.62 Å². The van der Waals surface area contributed by atoms with E-state index in [2.05, 4.69) is 5.32 Å². The van der Waals surface area contributed by atoms with E-state index in [4.69, 9.17) is 11.6 Å². The van der Waals surface area contributed by atoms with E-state index in [9.17, 15) is 13.2 Å². The van der Waals surface area contributed by atoms with E-state index < -0.39 is 16.1 Å². The van der Waals surface area contributed by atoms with E-state index in [0.717, 1.165) is 27.3 Å². The van der Waals surface area contributed by atoms with Crippen molar-refractivity contribution in [1.82, 2.24) is 5.32 Å². The van der Waals surface area contributed by atoms with E-state index in [1.165, 1.54) is 0 Å². The van der Waals surface area contributed by atoms with Crippen LogP contribution in [0, 0.1) is 13.8 Å². The first-order valence-corrected chi connectivity index (χ1v) is 10.9. The summed E-state index contributed by atoms with van der Waals surface area (Å²) in [7, 11) is -3.68. The van der Waals surface area contributed by atoms with Crippen molar-refractivity contribution >= 4 is 33.2 Å². The van der Waals surface area contributed by atoms with E-state index >= 15 is 0 Å². The van der Waals surface area contributed by atoms with Gasteiger partial charge in [-0.25, -0.2) is 8.42 Å². The lowest BCUT2D eigenvalue weighted by Crippen LogP contribution is -2.48. The van der Waals surface area contributed by atoms with Gasteiger partial charge in [-0.15, -0.1) is 0 Å². The molecule has 1 amide bonds. The molecule has 7 heteroatoms. The van der Waals surface area contributed by atoms with Gasteiger partial charge < -0.3 is 5.32 Å². The fourth-order valence-electron chi connectivity index (χ4n) is 2.80. The zero-order valence-corrected chi connectivity index (χ0v) is 17.7. The van der Waals surface area contributed by atoms with Crippen molar-refractivity contribution in [3.05, 3.63) is 64.2 Å². The number of anilines is 1. The van der Waals surface area contributed by atoms with Crippen molar-refractivity contribution in [2.24, 2.45) is 0 Å². The van der Waals surface area contributed by atoms with Crippen LogP contribution in [0.3, 0.4) is 0 Å². The molecule has 0 heterocycles. The predicted octanol–water partition coefficient (Wildman–Crippen LogP) is 3.99. The van der Waals surface area contributed by atoms with Gasteiger partial charge in [0.25, 0.3) is 0 Å². The van der Waals surface area contributed by atoms with Crippen LogP contribution in [0.4, 0.5) is 5.69 Å². The van der Waals surface area contributed by atoms with Gasteiger partial charge >= 0.3 is 0 Å². The number of rotatable bonds is 6. The molecule has 2 atom stereocenters. The highest BCUT2D eigenvalue weighted by Crippen LogP contribution is 2.27. The van der Waals surface area contributed by atoms with Crippen molar-refractivity contribution in [3.8, 4) is 0 Å². The van der Waals surface area contributed by atoms with Crippen molar-refractivity contribution in [3.63, 3.8) is 0 Å². The van der Waals surface area contributed by atoms with Crippen LogP contribution in [0.25, 0.3) is 0 Å². The number of sulfonamides is 1. The Bertz CT molecular complexity index is 927. The summed E-state index contributed by atoms with van der Waals surface area (Å²) in [5.74, 6) is -0.384. The van der Waals surface area contributed by atoms with Crippen molar-refractivity contribution < 1.29 is 13.2 Å². The van der Waals surface area contributed by atoms with Crippen LogP contribution >= 0.6 is 11.6 Å². The number of nitrogens with zero attached hydrogens (tertiary/aromatic N) is 1. The number of hydrogen-bond donors (Lipinski definition) is 1. The number of halogens is 1. The molecule has 5 nitrogen and oxygen atoms in total. The molecule has 146 valence electrons. The zero-order valence-electron chi connectivity index (χ0n) is 16.2. The number of amides is 1. The number of aryl methyl sites for hydroxylation is 2. The average molecular weight is 409 g/mol. The van der Waals surface area contributed by atoms with Crippen LogP contribution in [0.1, 0.15) is 36.6 Å². The molecule has 0 saturated heterocycles. The molecule has 0 aromatic heterocycles. The first-order chi connectivity index (χ1) is 12.5. The average Bonchev–Trinajstić information content (AvgIpc) is 2.57. The maximum atomic E-state index is 12.8. The molecule has 0 aliphatic rings. The van der Waals surface area contributed by atoms with E-state index in [-0.39, 0.29) is 11.9 Å². The lowest BCUT2D eigenvalue weighted by Gasteiger charge is -2.29. The number of carbonyl (C=O) groups is 1. The van der Waals surface area contributed by atoms with Crippen LogP contribution in [0.15, 0.2) is 42.5 Å². The standard InChI is InChI=1S/C20H25ClN2O3S/c1-13-6-9-17(10-7-13)15(3)22-20(24)16(4)23(27(5,25)26)18-11-8-14(2)19(21)12-18/h6-12,15-16H,1-5H3,(H,22,24). The van der Waals surface area contributed by atoms with Gasteiger partial charge in [0.05, 0.1) is 18.0 Å². The third-order valence-electron chi connectivity index (χ3n) is 4.43. The van der Waals surface area contributed by atoms with Crippen molar-refractivity contribution in [2.45, 2.75) is 39.8 Å². The Labute approximate surface area is 166 Å². The highest BCUT2D eigenvalue weighted by Gasteiger charge is 2.30. The normalized spacial score (nSPS) is 13.7. The summed E-state index contributed by atoms with van der Waals surface area (Å²) in [6.07, 6.45) is 1.08. The molecule has 0 fully saturated rings. The molecule has 2 rings (SSSR count). The Kier molecular flexibility index (Phi) is 6.54. The largest absolute Gasteiger partial charge is 0.348 e. The topological polar surface area (TPSA) is 66.5 Å². The minimum atomic E-state index is -3.68. The fourth-order valence-corrected chi connectivity index (χ4v) is 4.14. The molecule has 0 aliphatic carbocycles. The summed E-state index contributed by atoms with van der Waals surface area (Å²) in [5, 5.41) is 3.33. The molecule has 27 heavy (non-hydrogen) atoms. The molecule has 2 aromatic rings. The molecule has 0 bridgehead atoms. The van der Waals surface area contributed by atoms with Gasteiger partial charge in [0.2, 0.25) is 15.9 Å². The molecule has 2 aromatic carbocycles. The van der Waals surface area contributed by atoms with E-state index in [0.29, 0.717) is 10.7 Å². The molecule has 0 saturated carbocycles. The molecule has 0 aliphatic heterocycles. The predicted molar refractivity (Wildman–Crippen MR) is 111 cm³/mol. The van der Waals surface area contributed by atoms with Gasteiger partial charge in [0.1, 0.15) is 6.04 Å². The molecule has 0 radical (unpaired) electrons. The van der Waals surface area contributed by atoms with E-state index in [1.54, 1.807) is 25.1 Å². The SMILES string of the molecule is Cc1ccc(C(C)NC(=O)C(C)N(c2ccc(C)c(Cl)c2)S(C)(=O)=O)cc1. The Morgan fingerprint density at radius 2 is 1.67 bits per heavy atom. The second-order valence-corrected chi connectivity index (χ2v) is 9.08. The molecular weight excluding hydrogens is 384 g/mol. The molecule has 0 spiro atoms. The Morgan fingerprint density at radius 1 is 1.07 bits per heavy atom. The second kappa shape index (κ2) is 8.31. The van der Waals surface area contributed by atoms with Crippen LogP contribution in [0.5, 0.6) is 0 Å². The molecular formula is C20H25ClN2O3S.